The van der Waals surface area contributed by atoms with Crippen LogP contribution in [0.25, 0.3) is 22.4 Å². The average Bonchev–Trinajstić information content (AvgIpc) is 2.52. The summed E-state index contributed by atoms with van der Waals surface area (Å²) in [5.41, 5.74) is 7.63. The fourth-order valence-electron chi connectivity index (χ4n) is 2.67. The van der Waals surface area contributed by atoms with Crippen LogP contribution in [0.4, 0.5) is 0 Å². The van der Waals surface area contributed by atoms with Gasteiger partial charge in [0.15, 0.2) is 5.69 Å². The summed E-state index contributed by atoms with van der Waals surface area (Å²) in [6.07, 6.45) is 0. The van der Waals surface area contributed by atoms with Crippen LogP contribution in [0.2, 0.25) is 0 Å². The van der Waals surface area contributed by atoms with Crippen molar-refractivity contribution in [3.05, 3.63) is 78.0 Å². The molecule has 3 aromatic rings. The SMILES string of the molecule is Cc1ccc(-c2ccccc2)cc1-c1cccc(C)[n+]1C. The van der Waals surface area contributed by atoms with Gasteiger partial charge in [-0.1, -0.05) is 42.5 Å². The maximum absolute atomic E-state index is 2.29. The zero-order valence-corrected chi connectivity index (χ0v) is 12.8. The van der Waals surface area contributed by atoms with E-state index >= 15 is 0 Å². The van der Waals surface area contributed by atoms with E-state index in [9.17, 15) is 0 Å². The van der Waals surface area contributed by atoms with Crippen LogP contribution >= 0.6 is 0 Å². The molecule has 0 spiro atoms. The van der Waals surface area contributed by atoms with Gasteiger partial charge in [-0.3, -0.25) is 0 Å². The highest BCUT2D eigenvalue weighted by Gasteiger charge is 2.14. The highest BCUT2D eigenvalue weighted by Crippen LogP contribution is 2.27. The number of nitrogens with zero attached hydrogens (tertiary/aromatic N) is 1. The number of pyridine rings is 1. The van der Waals surface area contributed by atoms with Gasteiger partial charge in [-0.15, -0.1) is 0 Å². The molecule has 0 atom stereocenters. The molecular formula is C20H20N+. The van der Waals surface area contributed by atoms with E-state index < -0.39 is 0 Å². The van der Waals surface area contributed by atoms with Crippen molar-refractivity contribution in [3.63, 3.8) is 0 Å². The molecule has 0 bridgehead atoms. The summed E-state index contributed by atoms with van der Waals surface area (Å²) in [5.74, 6) is 0. The van der Waals surface area contributed by atoms with E-state index in [0.717, 1.165) is 0 Å². The van der Waals surface area contributed by atoms with Crippen LogP contribution in [0, 0.1) is 13.8 Å². The second-order valence-corrected chi connectivity index (χ2v) is 5.51. The first-order chi connectivity index (χ1) is 10.2. The minimum Gasteiger partial charge on any atom is -0.199 e. The van der Waals surface area contributed by atoms with Gasteiger partial charge in [-0.25, -0.2) is 0 Å². The van der Waals surface area contributed by atoms with Crippen LogP contribution in [0.3, 0.4) is 0 Å². The third-order valence-electron chi connectivity index (χ3n) is 4.10. The van der Waals surface area contributed by atoms with Crippen molar-refractivity contribution in [2.24, 2.45) is 7.05 Å². The van der Waals surface area contributed by atoms with Crippen LogP contribution < -0.4 is 4.57 Å². The molecule has 0 aliphatic carbocycles. The van der Waals surface area contributed by atoms with E-state index in [2.05, 4.69) is 92.2 Å². The van der Waals surface area contributed by atoms with E-state index in [4.69, 9.17) is 0 Å². The van der Waals surface area contributed by atoms with Gasteiger partial charge in [0.05, 0.1) is 0 Å². The molecule has 21 heavy (non-hydrogen) atoms. The zero-order chi connectivity index (χ0) is 14.8. The van der Waals surface area contributed by atoms with E-state index in [1.54, 1.807) is 0 Å². The Morgan fingerprint density at radius 2 is 1.48 bits per heavy atom. The minimum atomic E-state index is 1.25. The third-order valence-corrected chi connectivity index (χ3v) is 4.10. The summed E-state index contributed by atoms with van der Waals surface area (Å²) in [6, 6.07) is 23.7. The van der Waals surface area contributed by atoms with Gasteiger partial charge in [0.25, 0.3) is 0 Å². The van der Waals surface area contributed by atoms with Crippen LogP contribution in [-0.2, 0) is 7.05 Å². The number of aryl methyl sites for hydroxylation is 2. The average molecular weight is 274 g/mol. The van der Waals surface area contributed by atoms with Crippen molar-refractivity contribution in [3.8, 4) is 22.4 Å². The predicted octanol–water partition coefficient (Wildman–Crippen LogP) is 4.46. The first kappa shape index (κ1) is 13.6. The molecule has 3 rings (SSSR count). The van der Waals surface area contributed by atoms with Crippen LogP contribution in [-0.4, -0.2) is 0 Å². The normalized spacial score (nSPS) is 10.6. The lowest BCUT2D eigenvalue weighted by atomic mass is 9.97. The lowest BCUT2D eigenvalue weighted by Crippen LogP contribution is -2.34. The van der Waals surface area contributed by atoms with Crippen molar-refractivity contribution >= 4 is 0 Å². The number of rotatable bonds is 2. The van der Waals surface area contributed by atoms with Gasteiger partial charge in [0.1, 0.15) is 7.05 Å². The molecule has 0 N–H and O–H groups in total. The first-order valence-corrected chi connectivity index (χ1v) is 7.29. The molecule has 0 amide bonds. The molecule has 0 fully saturated rings. The highest BCUT2D eigenvalue weighted by atomic mass is 14.9. The Morgan fingerprint density at radius 3 is 2.24 bits per heavy atom. The summed E-state index contributed by atoms with van der Waals surface area (Å²) in [7, 11) is 2.12. The van der Waals surface area contributed by atoms with Crippen LogP contribution in [0.5, 0.6) is 0 Å². The fourth-order valence-corrected chi connectivity index (χ4v) is 2.67. The zero-order valence-electron chi connectivity index (χ0n) is 12.8. The molecule has 0 saturated carbocycles. The quantitative estimate of drug-likeness (QED) is 0.607. The molecule has 1 nitrogen and oxygen atoms in total. The minimum absolute atomic E-state index is 1.25. The van der Waals surface area contributed by atoms with Gasteiger partial charge in [-0.2, -0.15) is 4.57 Å². The maximum Gasteiger partial charge on any atom is 0.212 e. The van der Waals surface area contributed by atoms with E-state index in [1.165, 1.54) is 33.6 Å². The number of aromatic nitrogens is 1. The lowest BCUT2D eigenvalue weighted by molar-refractivity contribution is -0.666. The molecular weight excluding hydrogens is 254 g/mol. The van der Waals surface area contributed by atoms with Crippen molar-refractivity contribution in [2.75, 3.05) is 0 Å². The van der Waals surface area contributed by atoms with E-state index in [0.29, 0.717) is 0 Å². The van der Waals surface area contributed by atoms with Gasteiger partial charge >= 0.3 is 0 Å². The van der Waals surface area contributed by atoms with Gasteiger partial charge in [-0.05, 0) is 35.7 Å². The maximum atomic E-state index is 2.29. The summed E-state index contributed by atoms with van der Waals surface area (Å²) < 4.78 is 2.25. The Labute approximate surface area is 126 Å². The Kier molecular flexibility index (Phi) is 3.57. The molecule has 0 aliphatic rings. The number of hydrogen-bond acceptors (Lipinski definition) is 0. The van der Waals surface area contributed by atoms with Crippen LogP contribution in [0.15, 0.2) is 66.7 Å². The Balaban J connectivity index is 2.17. The summed E-state index contributed by atoms with van der Waals surface area (Å²) in [5, 5.41) is 0. The molecule has 1 heteroatoms. The third kappa shape index (κ3) is 2.59. The van der Waals surface area contributed by atoms with Crippen molar-refractivity contribution in [1.82, 2.24) is 0 Å². The molecule has 0 aliphatic heterocycles. The Bertz CT molecular complexity index is 773. The first-order valence-electron chi connectivity index (χ1n) is 7.29. The number of benzene rings is 2. The molecule has 0 saturated heterocycles. The summed E-state index contributed by atoms with van der Waals surface area (Å²) >= 11 is 0. The van der Waals surface area contributed by atoms with Gasteiger partial charge in [0.2, 0.25) is 5.69 Å². The van der Waals surface area contributed by atoms with E-state index in [-0.39, 0.29) is 0 Å². The molecule has 2 aromatic carbocycles. The topological polar surface area (TPSA) is 3.88 Å². The molecule has 0 unspecified atom stereocenters. The molecule has 104 valence electrons. The monoisotopic (exact) mass is 274 g/mol. The smallest absolute Gasteiger partial charge is 0.199 e. The van der Waals surface area contributed by atoms with Crippen molar-refractivity contribution < 1.29 is 4.57 Å². The standard InChI is InChI=1S/C20H20N/c1-15-12-13-18(17-9-5-4-6-10-17)14-19(15)20-11-7-8-16(2)21(20)3/h4-14H,1-3H3/q+1. The lowest BCUT2D eigenvalue weighted by Gasteiger charge is -2.09. The summed E-state index contributed by atoms with van der Waals surface area (Å²) in [6.45, 7) is 4.31. The predicted molar refractivity (Wildman–Crippen MR) is 88.0 cm³/mol. The highest BCUT2D eigenvalue weighted by molar-refractivity contribution is 5.72. The summed E-state index contributed by atoms with van der Waals surface area (Å²) in [4.78, 5) is 0. The second-order valence-electron chi connectivity index (χ2n) is 5.51. The molecule has 0 radical (unpaired) electrons. The van der Waals surface area contributed by atoms with E-state index in [1.807, 2.05) is 0 Å². The van der Waals surface area contributed by atoms with Gasteiger partial charge in [0, 0.05) is 24.6 Å². The molecule has 1 aromatic heterocycles. The Morgan fingerprint density at radius 1 is 0.714 bits per heavy atom. The largest absolute Gasteiger partial charge is 0.212 e. The Hall–Kier alpha value is -2.41. The number of hydrogen-bond donors (Lipinski definition) is 0. The van der Waals surface area contributed by atoms with Crippen molar-refractivity contribution in [2.45, 2.75) is 13.8 Å². The van der Waals surface area contributed by atoms with Crippen molar-refractivity contribution in [1.29, 1.82) is 0 Å². The fraction of sp³-hybridized carbons (Fsp3) is 0.150. The van der Waals surface area contributed by atoms with Crippen LogP contribution in [0.1, 0.15) is 11.3 Å². The van der Waals surface area contributed by atoms with Gasteiger partial charge < -0.3 is 0 Å². The molecule has 1 heterocycles. The second kappa shape index (κ2) is 5.53.